The third kappa shape index (κ3) is 3.44. The number of hydrogen-bond donors (Lipinski definition) is 0. The van der Waals surface area contributed by atoms with E-state index in [1.54, 1.807) is 0 Å². The average molecular weight is 319 g/mol. The summed E-state index contributed by atoms with van der Waals surface area (Å²) in [7, 11) is 4.35. The Morgan fingerprint density at radius 2 is 2.09 bits per heavy atom. The van der Waals surface area contributed by atoms with Crippen LogP contribution in [0.1, 0.15) is 49.7 Å². The van der Waals surface area contributed by atoms with E-state index in [9.17, 15) is 0 Å². The number of aromatic nitrogens is 3. The molecule has 0 aromatic carbocycles. The molecular weight excluding hydrogens is 290 g/mol. The average Bonchev–Trinajstić information content (AvgIpc) is 2.94. The summed E-state index contributed by atoms with van der Waals surface area (Å²) in [4.78, 5) is 5.03. The van der Waals surface area contributed by atoms with Crippen molar-refractivity contribution in [1.29, 1.82) is 0 Å². The molecule has 6 heteroatoms. The van der Waals surface area contributed by atoms with Gasteiger partial charge in [0.2, 0.25) is 0 Å². The summed E-state index contributed by atoms with van der Waals surface area (Å²) in [6.45, 7) is 5.32. The van der Waals surface area contributed by atoms with E-state index in [0.29, 0.717) is 18.1 Å². The molecule has 0 radical (unpaired) electrons. The van der Waals surface area contributed by atoms with Gasteiger partial charge in [0.1, 0.15) is 11.6 Å². The molecule has 1 aromatic heterocycles. The maximum atomic E-state index is 5.78. The fourth-order valence-electron chi connectivity index (χ4n) is 3.98. The molecule has 2 atom stereocenters. The number of hydrogen-bond acceptors (Lipinski definition) is 5. The first-order valence-corrected chi connectivity index (χ1v) is 9.13. The van der Waals surface area contributed by atoms with Crippen LogP contribution < -0.4 is 0 Å². The minimum absolute atomic E-state index is 0.471. The van der Waals surface area contributed by atoms with Crippen molar-refractivity contribution in [2.45, 2.75) is 56.7 Å². The van der Waals surface area contributed by atoms with Crippen LogP contribution in [0.5, 0.6) is 0 Å². The van der Waals surface area contributed by atoms with Crippen LogP contribution >= 0.6 is 0 Å². The molecule has 2 unspecified atom stereocenters. The highest BCUT2D eigenvalue weighted by molar-refractivity contribution is 5.07. The zero-order chi connectivity index (χ0) is 15.8. The van der Waals surface area contributed by atoms with Gasteiger partial charge in [-0.15, -0.1) is 10.2 Å². The van der Waals surface area contributed by atoms with Gasteiger partial charge in [0, 0.05) is 38.7 Å². The quantitative estimate of drug-likeness (QED) is 0.793. The van der Waals surface area contributed by atoms with Crippen molar-refractivity contribution in [2.75, 3.05) is 33.3 Å². The lowest BCUT2D eigenvalue weighted by Gasteiger charge is -2.25. The van der Waals surface area contributed by atoms with E-state index in [4.69, 9.17) is 4.74 Å². The highest BCUT2D eigenvalue weighted by Gasteiger charge is 2.31. The lowest BCUT2D eigenvalue weighted by atomic mass is 10.2. The van der Waals surface area contributed by atoms with Crippen LogP contribution in [0, 0.1) is 0 Å². The Morgan fingerprint density at radius 1 is 1.22 bits per heavy atom. The Bertz CT molecular complexity index is 535. The zero-order valence-corrected chi connectivity index (χ0v) is 14.4. The number of likely N-dealkylation sites (tertiary alicyclic amines) is 1. The predicted molar refractivity (Wildman–Crippen MR) is 88.3 cm³/mol. The van der Waals surface area contributed by atoms with Crippen LogP contribution in [-0.4, -0.2) is 70.0 Å². The highest BCUT2D eigenvalue weighted by atomic mass is 16.5. The lowest BCUT2D eigenvalue weighted by Crippen LogP contribution is -2.37. The summed E-state index contributed by atoms with van der Waals surface area (Å²) < 4.78 is 7.99. The maximum Gasteiger partial charge on any atom is 0.146 e. The van der Waals surface area contributed by atoms with Crippen molar-refractivity contribution < 1.29 is 4.74 Å². The van der Waals surface area contributed by atoms with Gasteiger partial charge in [0.25, 0.3) is 0 Å². The minimum atomic E-state index is 0.471. The molecule has 0 amide bonds. The molecule has 3 heterocycles. The van der Waals surface area contributed by atoms with Crippen LogP contribution in [0.15, 0.2) is 0 Å². The SMILES string of the molecule is CN(Cc1nnc(C2CC2)n1C)C1CCN(CC2CCCO2)C1. The molecule has 1 saturated carbocycles. The van der Waals surface area contributed by atoms with Gasteiger partial charge >= 0.3 is 0 Å². The monoisotopic (exact) mass is 319 g/mol. The van der Waals surface area contributed by atoms with Gasteiger partial charge in [-0.2, -0.15) is 0 Å². The summed E-state index contributed by atoms with van der Waals surface area (Å²) in [5, 5.41) is 8.83. The molecule has 6 nitrogen and oxygen atoms in total. The van der Waals surface area contributed by atoms with Crippen molar-refractivity contribution in [3.63, 3.8) is 0 Å². The highest BCUT2D eigenvalue weighted by Crippen LogP contribution is 2.38. The van der Waals surface area contributed by atoms with Crippen molar-refractivity contribution in [3.8, 4) is 0 Å². The van der Waals surface area contributed by atoms with E-state index < -0.39 is 0 Å². The van der Waals surface area contributed by atoms with Gasteiger partial charge in [0.15, 0.2) is 0 Å². The van der Waals surface area contributed by atoms with Crippen molar-refractivity contribution in [2.24, 2.45) is 7.05 Å². The second-order valence-corrected chi connectivity index (χ2v) is 7.56. The summed E-state index contributed by atoms with van der Waals surface area (Å²) in [6.07, 6.45) is 6.75. The summed E-state index contributed by atoms with van der Waals surface area (Å²) >= 11 is 0. The predicted octanol–water partition coefficient (Wildman–Crippen LogP) is 1.38. The zero-order valence-electron chi connectivity index (χ0n) is 14.4. The standard InChI is InChI=1S/C17H29N5O/c1-20(12-16-18-19-17(21(16)2)13-5-6-13)14-7-8-22(10-14)11-15-4-3-9-23-15/h13-15H,3-12H2,1-2H3. The number of rotatable bonds is 6. The first kappa shape index (κ1) is 15.5. The molecule has 1 aliphatic carbocycles. The molecule has 0 bridgehead atoms. The van der Waals surface area contributed by atoms with Crippen LogP contribution in [0.2, 0.25) is 0 Å². The maximum absolute atomic E-state index is 5.78. The Balaban J connectivity index is 1.30. The van der Waals surface area contributed by atoms with Gasteiger partial charge in [0.05, 0.1) is 12.6 Å². The second kappa shape index (κ2) is 6.49. The van der Waals surface area contributed by atoms with Gasteiger partial charge < -0.3 is 9.30 Å². The molecular formula is C17H29N5O. The number of nitrogens with zero attached hydrogens (tertiary/aromatic N) is 5. The van der Waals surface area contributed by atoms with Crippen LogP contribution in [0.4, 0.5) is 0 Å². The first-order chi connectivity index (χ1) is 11.2. The molecule has 0 spiro atoms. The third-order valence-electron chi connectivity index (χ3n) is 5.69. The largest absolute Gasteiger partial charge is 0.377 e. The van der Waals surface area contributed by atoms with E-state index in [2.05, 4.69) is 38.7 Å². The van der Waals surface area contributed by atoms with Gasteiger partial charge in [-0.1, -0.05) is 0 Å². The number of ether oxygens (including phenoxy) is 1. The molecule has 2 aliphatic heterocycles. The van der Waals surface area contributed by atoms with Gasteiger partial charge in [-0.3, -0.25) is 9.80 Å². The fourth-order valence-corrected chi connectivity index (χ4v) is 3.98. The first-order valence-electron chi connectivity index (χ1n) is 9.13. The Labute approximate surface area is 138 Å². The van der Waals surface area contributed by atoms with E-state index in [-0.39, 0.29) is 0 Å². The lowest BCUT2D eigenvalue weighted by molar-refractivity contribution is 0.0779. The summed E-state index contributed by atoms with van der Waals surface area (Å²) in [6, 6.07) is 0.623. The topological polar surface area (TPSA) is 46.4 Å². The number of likely N-dealkylation sites (N-methyl/N-ethyl adjacent to an activating group) is 1. The molecule has 0 N–H and O–H groups in total. The fraction of sp³-hybridized carbons (Fsp3) is 0.882. The molecule has 3 fully saturated rings. The van der Waals surface area contributed by atoms with Crippen molar-refractivity contribution in [3.05, 3.63) is 11.6 Å². The van der Waals surface area contributed by atoms with Crippen LogP contribution in [0.25, 0.3) is 0 Å². The molecule has 1 aromatic rings. The summed E-state index contributed by atoms with van der Waals surface area (Å²) in [5.74, 6) is 2.95. The van der Waals surface area contributed by atoms with E-state index in [1.165, 1.54) is 44.5 Å². The molecule has 2 saturated heterocycles. The molecule has 128 valence electrons. The van der Waals surface area contributed by atoms with Gasteiger partial charge in [-0.05, 0) is 45.7 Å². The van der Waals surface area contributed by atoms with Crippen molar-refractivity contribution >= 4 is 0 Å². The van der Waals surface area contributed by atoms with Gasteiger partial charge in [-0.25, -0.2) is 0 Å². The van der Waals surface area contributed by atoms with E-state index in [1.807, 2.05) is 0 Å². The smallest absolute Gasteiger partial charge is 0.146 e. The Morgan fingerprint density at radius 3 is 2.83 bits per heavy atom. The van der Waals surface area contributed by atoms with E-state index in [0.717, 1.165) is 32.1 Å². The van der Waals surface area contributed by atoms with E-state index >= 15 is 0 Å². The van der Waals surface area contributed by atoms with Crippen LogP contribution in [-0.2, 0) is 18.3 Å². The normalized spacial score (nSPS) is 29.0. The van der Waals surface area contributed by atoms with Crippen molar-refractivity contribution in [1.82, 2.24) is 24.6 Å². The molecule has 23 heavy (non-hydrogen) atoms. The second-order valence-electron chi connectivity index (χ2n) is 7.56. The Kier molecular flexibility index (Phi) is 4.39. The minimum Gasteiger partial charge on any atom is -0.377 e. The molecule has 3 aliphatic rings. The third-order valence-corrected chi connectivity index (χ3v) is 5.69. The summed E-state index contributed by atoms with van der Waals surface area (Å²) in [5.41, 5.74) is 0. The Hall–Kier alpha value is -0.980. The van der Waals surface area contributed by atoms with Crippen LogP contribution in [0.3, 0.4) is 0 Å². The molecule has 4 rings (SSSR count).